The first kappa shape index (κ1) is 16.7. The lowest BCUT2D eigenvalue weighted by molar-refractivity contribution is -0.139. The fourth-order valence-corrected chi connectivity index (χ4v) is 3.08. The highest BCUT2D eigenvalue weighted by molar-refractivity contribution is 6.04. The van der Waals surface area contributed by atoms with Crippen molar-refractivity contribution in [1.29, 1.82) is 0 Å². The Hall–Kier alpha value is -3.20. The van der Waals surface area contributed by atoms with E-state index in [9.17, 15) is 14.7 Å². The smallest absolute Gasteiger partial charge is 0.312 e. The fourth-order valence-electron chi connectivity index (χ4n) is 3.08. The van der Waals surface area contributed by atoms with E-state index in [1.807, 2.05) is 42.5 Å². The third-order valence-electron chi connectivity index (χ3n) is 4.26. The van der Waals surface area contributed by atoms with Crippen molar-refractivity contribution in [3.63, 3.8) is 0 Å². The summed E-state index contributed by atoms with van der Waals surface area (Å²) in [6.07, 6.45) is 0. The molecule has 3 aromatic carbocycles. The summed E-state index contributed by atoms with van der Waals surface area (Å²) in [5.74, 6) is -2.94. The first-order chi connectivity index (χ1) is 12.2. The number of hydrogen-bond acceptors (Lipinski definition) is 2. The van der Waals surface area contributed by atoms with Crippen LogP contribution in [0.4, 0.5) is 0 Å². The minimum Gasteiger partial charge on any atom is -0.481 e. The summed E-state index contributed by atoms with van der Waals surface area (Å²) in [4.78, 5) is 25.3. The number of carbonyl (C=O) groups is 2. The first-order valence-electron chi connectivity index (χ1n) is 8.10. The molecular weight excluding hydrogens is 312 g/mol. The number of aliphatic carboxylic acids is 1. The Kier molecular flexibility index (Phi) is 5.05. The van der Waals surface area contributed by atoms with Gasteiger partial charge in [-0.25, -0.2) is 0 Å². The van der Waals surface area contributed by atoms with E-state index in [4.69, 9.17) is 0 Å². The molecule has 0 saturated heterocycles. The van der Waals surface area contributed by atoms with Crippen LogP contribution < -0.4 is 0 Å². The quantitative estimate of drug-likeness (QED) is 0.676. The highest BCUT2D eigenvalue weighted by Gasteiger charge is 2.36. The SMILES string of the molecule is O=C(O)C(c1ccccc1)C(C(=O)c1ccccc1)c1ccccc1. The molecule has 0 radical (unpaired) electrons. The van der Waals surface area contributed by atoms with Gasteiger partial charge in [0.25, 0.3) is 0 Å². The third kappa shape index (κ3) is 3.66. The van der Waals surface area contributed by atoms with Crippen molar-refractivity contribution in [1.82, 2.24) is 0 Å². The summed E-state index contributed by atoms with van der Waals surface area (Å²) in [5, 5.41) is 9.90. The molecule has 2 unspecified atom stereocenters. The van der Waals surface area contributed by atoms with E-state index in [1.54, 1.807) is 48.5 Å². The summed E-state index contributed by atoms with van der Waals surface area (Å²) < 4.78 is 0. The van der Waals surface area contributed by atoms with E-state index < -0.39 is 17.8 Å². The zero-order chi connectivity index (χ0) is 17.6. The molecule has 2 atom stereocenters. The number of carbonyl (C=O) groups excluding carboxylic acids is 1. The Labute approximate surface area is 146 Å². The molecule has 0 spiro atoms. The molecule has 124 valence electrons. The van der Waals surface area contributed by atoms with Crippen LogP contribution in [0.3, 0.4) is 0 Å². The van der Waals surface area contributed by atoms with Gasteiger partial charge < -0.3 is 5.11 Å². The first-order valence-corrected chi connectivity index (χ1v) is 8.10. The van der Waals surface area contributed by atoms with E-state index in [1.165, 1.54) is 0 Å². The topological polar surface area (TPSA) is 54.4 Å². The molecule has 0 fully saturated rings. The van der Waals surface area contributed by atoms with E-state index in [-0.39, 0.29) is 5.78 Å². The highest BCUT2D eigenvalue weighted by Crippen LogP contribution is 2.36. The molecule has 0 bridgehead atoms. The molecule has 0 aliphatic rings. The van der Waals surface area contributed by atoms with Crippen LogP contribution in [0.2, 0.25) is 0 Å². The maximum absolute atomic E-state index is 13.2. The average Bonchev–Trinajstić information content (AvgIpc) is 2.67. The van der Waals surface area contributed by atoms with Crippen molar-refractivity contribution in [3.8, 4) is 0 Å². The molecule has 25 heavy (non-hydrogen) atoms. The van der Waals surface area contributed by atoms with Gasteiger partial charge in [0.1, 0.15) is 0 Å². The molecule has 3 aromatic rings. The summed E-state index contributed by atoms with van der Waals surface area (Å²) >= 11 is 0. The third-order valence-corrected chi connectivity index (χ3v) is 4.26. The van der Waals surface area contributed by atoms with Crippen LogP contribution >= 0.6 is 0 Å². The van der Waals surface area contributed by atoms with Crippen LogP contribution in [0.15, 0.2) is 91.0 Å². The van der Waals surface area contributed by atoms with Crippen molar-refractivity contribution in [2.24, 2.45) is 0 Å². The molecule has 0 saturated carbocycles. The number of carboxylic acid groups (broad SMARTS) is 1. The van der Waals surface area contributed by atoms with Gasteiger partial charge in [-0.2, -0.15) is 0 Å². The maximum atomic E-state index is 13.2. The van der Waals surface area contributed by atoms with E-state index in [0.29, 0.717) is 16.7 Å². The molecule has 0 heterocycles. The monoisotopic (exact) mass is 330 g/mol. The van der Waals surface area contributed by atoms with Crippen LogP contribution in [-0.2, 0) is 4.79 Å². The van der Waals surface area contributed by atoms with Gasteiger partial charge in [0.05, 0.1) is 11.8 Å². The van der Waals surface area contributed by atoms with Crippen molar-refractivity contribution in [2.75, 3.05) is 0 Å². The number of ketones is 1. The van der Waals surface area contributed by atoms with Gasteiger partial charge in [-0.3, -0.25) is 9.59 Å². The second-order valence-electron chi connectivity index (χ2n) is 5.85. The molecule has 0 aliphatic heterocycles. The normalized spacial score (nSPS) is 13.0. The predicted molar refractivity (Wildman–Crippen MR) is 96.8 cm³/mol. The zero-order valence-corrected chi connectivity index (χ0v) is 13.6. The van der Waals surface area contributed by atoms with Gasteiger partial charge >= 0.3 is 5.97 Å². The molecule has 1 N–H and O–H groups in total. The standard InChI is InChI=1S/C22H18O3/c23-21(18-14-8-3-9-15-18)19(16-10-4-1-5-11-16)20(22(24)25)17-12-6-2-7-13-17/h1-15,19-20H,(H,24,25). The van der Waals surface area contributed by atoms with Crippen LogP contribution in [0.1, 0.15) is 33.3 Å². The van der Waals surface area contributed by atoms with Gasteiger partial charge in [-0.05, 0) is 11.1 Å². The maximum Gasteiger partial charge on any atom is 0.312 e. The summed E-state index contributed by atoms with van der Waals surface area (Å²) in [6, 6.07) is 26.9. The molecule has 3 heteroatoms. The largest absolute Gasteiger partial charge is 0.481 e. The fraction of sp³-hybridized carbons (Fsp3) is 0.0909. The van der Waals surface area contributed by atoms with Crippen molar-refractivity contribution in [2.45, 2.75) is 11.8 Å². The molecule has 0 aliphatic carbocycles. The zero-order valence-electron chi connectivity index (χ0n) is 13.6. The van der Waals surface area contributed by atoms with E-state index in [0.717, 1.165) is 0 Å². The number of rotatable bonds is 6. The second kappa shape index (κ2) is 7.58. The Morgan fingerprint density at radius 1 is 0.600 bits per heavy atom. The van der Waals surface area contributed by atoms with Gasteiger partial charge in [-0.15, -0.1) is 0 Å². The number of hydrogen-bond donors (Lipinski definition) is 1. The Balaban J connectivity index is 2.13. The van der Waals surface area contributed by atoms with Gasteiger partial charge in [0.15, 0.2) is 5.78 Å². The summed E-state index contributed by atoms with van der Waals surface area (Å²) in [5.41, 5.74) is 1.83. The highest BCUT2D eigenvalue weighted by atomic mass is 16.4. The van der Waals surface area contributed by atoms with Crippen molar-refractivity contribution in [3.05, 3.63) is 108 Å². The van der Waals surface area contributed by atoms with Crippen LogP contribution in [-0.4, -0.2) is 16.9 Å². The van der Waals surface area contributed by atoms with Gasteiger partial charge in [0, 0.05) is 5.56 Å². The lowest BCUT2D eigenvalue weighted by Crippen LogP contribution is -2.26. The van der Waals surface area contributed by atoms with Crippen LogP contribution in [0.25, 0.3) is 0 Å². The molecule has 0 aromatic heterocycles. The predicted octanol–water partition coefficient (Wildman–Crippen LogP) is 4.52. The summed E-state index contributed by atoms with van der Waals surface area (Å²) in [6.45, 7) is 0. The van der Waals surface area contributed by atoms with E-state index >= 15 is 0 Å². The van der Waals surface area contributed by atoms with Crippen LogP contribution in [0.5, 0.6) is 0 Å². The Morgan fingerprint density at radius 2 is 1.00 bits per heavy atom. The lowest BCUT2D eigenvalue weighted by atomic mass is 9.77. The van der Waals surface area contributed by atoms with Crippen LogP contribution in [0, 0.1) is 0 Å². The van der Waals surface area contributed by atoms with Gasteiger partial charge in [-0.1, -0.05) is 91.0 Å². The summed E-state index contributed by atoms with van der Waals surface area (Å²) in [7, 11) is 0. The minimum atomic E-state index is -1.01. The van der Waals surface area contributed by atoms with Crippen molar-refractivity contribution >= 4 is 11.8 Å². The molecule has 3 nitrogen and oxygen atoms in total. The Morgan fingerprint density at radius 3 is 1.44 bits per heavy atom. The van der Waals surface area contributed by atoms with Gasteiger partial charge in [0.2, 0.25) is 0 Å². The number of benzene rings is 3. The molecule has 3 rings (SSSR count). The molecule has 0 amide bonds. The van der Waals surface area contributed by atoms with E-state index in [2.05, 4.69) is 0 Å². The average molecular weight is 330 g/mol. The van der Waals surface area contributed by atoms with Crippen molar-refractivity contribution < 1.29 is 14.7 Å². The second-order valence-corrected chi connectivity index (χ2v) is 5.85. The molecular formula is C22H18O3. The lowest BCUT2D eigenvalue weighted by Gasteiger charge is -2.24. The number of carboxylic acids is 1. The number of Topliss-reactive ketones (excluding diaryl/α,β-unsaturated/α-hetero) is 1. The Bertz CT molecular complexity index is 842. The minimum absolute atomic E-state index is 0.192.